The van der Waals surface area contributed by atoms with Crippen molar-refractivity contribution in [1.82, 2.24) is 4.98 Å². The zero-order valence-electron chi connectivity index (χ0n) is 11.4. The minimum Gasteiger partial charge on any atom is -0.323 e. The Morgan fingerprint density at radius 3 is 2.67 bits per heavy atom. The number of rotatable bonds is 4. The number of nitrogens with two attached hydrogens (primary N) is 1. The number of halogens is 1. The number of aromatic nitrogens is 1. The topological polar surface area (TPSA) is 38.9 Å². The highest BCUT2D eigenvalue weighted by Crippen LogP contribution is 2.27. The lowest BCUT2D eigenvalue weighted by atomic mass is 10.0. The van der Waals surface area contributed by atoms with Crippen LogP contribution in [0.15, 0.2) is 65.8 Å². The number of nitrogens with zero attached hydrogens (tertiary/aromatic N) is 1. The van der Waals surface area contributed by atoms with Gasteiger partial charge < -0.3 is 5.73 Å². The SMILES string of the molecule is NC(CSc1ccc(Cl)cn1)c1cccc2ccccc12. The maximum Gasteiger partial charge on any atom is 0.0961 e. The van der Waals surface area contributed by atoms with Crippen LogP contribution in [0.2, 0.25) is 5.02 Å². The third kappa shape index (κ3) is 3.38. The molecule has 0 aliphatic rings. The van der Waals surface area contributed by atoms with Crippen molar-refractivity contribution in [1.29, 1.82) is 0 Å². The second kappa shape index (κ2) is 6.48. The summed E-state index contributed by atoms with van der Waals surface area (Å²) < 4.78 is 0. The first-order chi connectivity index (χ1) is 10.2. The summed E-state index contributed by atoms with van der Waals surface area (Å²) >= 11 is 7.49. The van der Waals surface area contributed by atoms with Gasteiger partial charge >= 0.3 is 0 Å². The van der Waals surface area contributed by atoms with Crippen LogP contribution in [0, 0.1) is 0 Å². The summed E-state index contributed by atoms with van der Waals surface area (Å²) in [6.45, 7) is 0. The molecule has 21 heavy (non-hydrogen) atoms. The molecule has 0 amide bonds. The van der Waals surface area contributed by atoms with Crippen molar-refractivity contribution < 1.29 is 0 Å². The van der Waals surface area contributed by atoms with Gasteiger partial charge in [-0.05, 0) is 28.5 Å². The van der Waals surface area contributed by atoms with Gasteiger partial charge in [0.15, 0.2) is 0 Å². The molecule has 106 valence electrons. The molecule has 0 saturated heterocycles. The van der Waals surface area contributed by atoms with Crippen molar-refractivity contribution >= 4 is 34.1 Å². The highest BCUT2D eigenvalue weighted by Gasteiger charge is 2.10. The van der Waals surface area contributed by atoms with E-state index in [1.165, 1.54) is 16.3 Å². The van der Waals surface area contributed by atoms with E-state index >= 15 is 0 Å². The second-order valence-corrected chi connectivity index (χ2v) is 6.28. The Bertz CT molecular complexity index is 738. The van der Waals surface area contributed by atoms with Crippen LogP contribution in [0.4, 0.5) is 0 Å². The molecule has 1 heterocycles. The Hall–Kier alpha value is -1.55. The summed E-state index contributed by atoms with van der Waals surface area (Å²) in [6.07, 6.45) is 1.66. The van der Waals surface area contributed by atoms with Gasteiger partial charge in [0.1, 0.15) is 0 Å². The number of hydrogen-bond donors (Lipinski definition) is 1. The third-order valence-corrected chi connectivity index (χ3v) is 4.62. The minimum atomic E-state index is -0.0291. The van der Waals surface area contributed by atoms with Crippen molar-refractivity contribution in [2.75, 3.05) is 5.75 Å². The molecule has 2 aromatic carbocycles. The lowest BCUT2D eigenvalue weighted by Gasteiger charge is -2.14. The fourth-order valence-corrected chi connectivity index (χ4v) is 3.22. The minimum absolute atomic E-state index is 0.0291. The number of thioether (sulfide) groups is 1. The van der Waals surface area contributed by atoms with E-state index in [1.54, 1.807) is 18.0 Å². The zero-order chi connectivity index (χ0) is 14.7. The van der Waals surface area contributed by atoms with Gasteiger partial charge in [0.25, 0.3) is 0 Å². The van der Waals surface area contributed by atoms with E-state index < -0.39 is 0 Å². The van der Waals surface area contributed by atoms with Gasteiger partial charge in [0.05, 0.1) is 10.0 Å². The number of hydrogen-bond acceptors (Lipinski definition) is 3. The average Bonchev–Trinajstić information content (AvgIpc) is 2.53. The van der Waals surface area contributed by atoms with E-state index in [-0.39, 0.29) is 6.04 Å². The van der Waals surface area contributed by atoms with Gasteiger partial charge in [0, 0.05) is 18.0 Å². The van der Waals surface area contributed by atoms with Crippen LogP contribution in [0.1, 0.15) is 11.6 Å². The summed E-state index contributed by atoms with van der Waals surface area (Å²) in [5, 5.41) is 4.03. The molecule has 1 unspecified atom stereocenters. The van der Waals surface area contributed by atoms with Crippen molar-refractivity contribution in [2.24, 2.45) is 5.73 Å². The normalized spacial score (nSPS) is 12.5. The van der Waals surface area contributed by atoms with Crippen molar-refractivity contribution in [3.8, 4) is 0 Å². The summed E-state index contributed by atoms with van der Waals surface area (Å²) in [6, 6.07) is 18.3. The van der Waals surface area contributed by atoms with Crippen LogP contribution < -0.4 is 5.73 Å². The lowest BCUT2D eigenvalue weighted by Crippen LogP contribution is -2.13. The molecule has 4 heteroatoms. The van der Waals surface area contributed by atoms with Crippen LogP contribution in [0.25, 0.3) is 10.8 Å². The quantitative estimate of drug-likeness (QED) is 0.711. The van der Waals surface area contributed by atoms with Gasteiger partial charge in [-0.2, -0.15) is 0 Å². The van der Waals surface area contributed by atoms with Gasteiger partial charge in [-0.3, -0.25) is 0 Å². The van der Waals surface area contributed by atoms with E-state index in [4.69, 9.17) is 17.3 Å². The van der Waals surface area contributed by atoms with Crippen LogP contribution in [0.5, 0.6) is 0 Å². The molecule has 0 aliphatic heterocycles. The molecule has 1 aromatic heterocycles. The molecule has 2 N–H and O–H groups in total. The van der Waals surface area contributed by atoms with E-state index in [2.05, 4.69) is 35.3 Å². The Balaban J connectivity index is 1.78. The van der Waals surface area contributed by atoms with Crippen molar-refractivity contribution in [3.05, 3.63) is 71.4 Å². The first-order valence-corrected chi connectivity index (χ1v) is 8.08. The van der Waals surface area contributed by atoms with Crippen LogP contribution in [0.3, 0.4) is 0 Å². The Morgan fingerprint density at radius 1 is 1.05 bits per heavy atom. The van der Waals surface area contributed by atoms with E-state index in [0.29, 0.717) is 5.02 Å². The molecule has 2 nitrogen and oxygen atoms in total. The first kappa shape index (κ1) is 14.4. The predicted octanol–water partition coefficient (Wildman–Crippen LogP) is 4.68. The fourth-order valence-electron chi connectivity index (χ4n) is 2.29. The Labute approximate surface area is 133 Å². The van der Waals surface area contributed by atoms with Gasteiger partial charge in [-0.25, -0.2) is 4.98 Å². The van der Waals surface area contributed by atoms with Crippen molar-refractivity contribution in [3.63, 3.8) is 0 Å². The highest BCUT2D eigenvalue weighted by atomic mass is 35.5. The molecule has 1 atom stereocenters. The molecule has 0 bridgehead atoms. The smallest absolute Gasteiger partial charge is 0.0961 e. The molecule has 3 aromatic rings. The fraction of sp³-hybridized carbons (Fsp3) is 0.118. The zero-order valence-corrected chi connectivity index (χ0v) is 12.9. The largest absolute Gasteiger partial charge is 0.323 e. The van der Waals surface area contributed by atoms with Crippen LogP contribution in [-0.4, -0.2) is 10.7 Å². The maximum absolute atomic E-state index is 6.36. The van der Waals surface area contributed by atoms with Gasteiger partial charge in [-0.15, -0.1) is 11.8 Å². The summed E-state index contributed by atoms with van der Waals surface area (Å²) in [4.78, 5) is 4.28. The van der Waals surface area contributed by atoms with Gasteiger partial charge in [0.2, 0.25) is 0 Å². The lowest BCUT2D eigenvalue weighted by molar-refractivity contribution is 0.838. The summed E-state index contributed by atoms with van der Waals surface area (Å²) in [5.74, 6) is 0.780. The molecule has 0 radical (unpaired) electrons. The molecule has 0 fully saturated rings. The Kier molecular flexibility index (Phi) is 4.44. The molecular weight excluding hydrogens is 300 g/mol. The molecule has 3 rings (SSSR count). The molecule has 0 aliphatic carbocycles. The number of fused-ring (bicyclic) bond motifs is 1. The van der Waals surface area contributed by atoms with E-state index in [1.807, 2.05) is 24.3 Å². The summed E-state index contributed by atoms with van der Waals surface area (Å²) in [7, 11) is 0. The number of benzene rings is 2. The van der Waals surface area contributed by atoms with E-state index in [9.17, 15) is 0 Å². The Morgan fingerprint density at radius 2 is 1.86 bits per heavy atom. The maximum atomic E-state index is 6.36. The second-order valence-electron chi connectivity index (χ2n) is 4.80. The standard InChI is InChI=1S/C17H15ClN2S/c18-13-8-9-17(20-10-13)21-11-16(19)15-7-3-5-12-4-1-2-6-14(12)15/h1-10,16H,11,19H2. The molecular formula is C17H15ClN2S. The first-order valence-electron chi connectivity index (χ1n) is 6.71. The van der Waals surface area contributed by atoms with E-state index in [0.717, 1.165) is 10.8 Å². The third-order valence-electron chi connectivity index (χ3n) is 3.33. The van der Waals surface area contributed by atoms with Crippen molar-refractivity contribution in [2.45, 2.75) is 11.1 Å². The molecule has 0 spiro atoms. The predicted molar refractivity (Wildman–Crippen MR) is 90.8 cm³/mol. The highest BCUT2D eigenvalue weighted by molar-refractivity contribution is 7.99. The van der Waals surface area contributed by atoms with Crippen LogP contribution in [-0.2, 0) is 0 Å². The average molecular weight is 315 g/mol. The van der Waals surface area contributed by atoms with Gasteiger partial charge in [-0.1, -0.05) is 54.1 Å². The molecule has 0 saturated carbocycles. The van der Waals surface area contributed by atoms with Crippen LogP contribution >= 0.6 is 23.4 Å². The monoisotopic (exact) mass is 314 g/mol. The summed E-state index contributed by atoms with van der Waals surface area (Å²) in [5.41, 5.74) is 7.54. The number of pyridine rings is 1.